The lowest BCUT2D eigenvalue weighted by molar-refractivity contribution is 0.263. The molecule has 2 N–H and O–H groups in total. The molecule has 3 heteroatoms. The van der Waals surface area contributed by atoms with Crippen molar-refractivity contribution in [2.24, 2.45) is 22.7 Å². The number of aliphatic hydroxyl groups excluding tert-OH is 1. The van der Waals surface area contributed by atoms with E-state index in [1.165, 1.54) is 0 Å². The Kier molecular flexibility index (Phi) is 1.38. The molecule has 1 heterocycles. The highest BCUT2D eigenvalue weighted by atomic mass is 16.3. The number of hydrogen-bond acceptors (Lipinski definition) is 3. The van der Waals surface area contributed by atoms with E-state index >= 15 is 0 Å². The summed E-state index contributed by atoms with van der Waals surface area (Å²) in [5.74, 6) is 1.88. The molecule has 0 saturated heterocycles. The van der Waals surface area contributed by atoms with Crippen molar-refractivity contribution in [1.29, 1.82) is 0 Å². The monoisotopic (exact) mass is 140 g/mol. The van der Waals surface area contributed by atoms with Crippen LogP contribution in [-0.4, -0.2) is 31.1 Å². The summed E-state index contributed by atoms with van der Waals surface area (Å²) in [6.07, 6.45) is 1.78. The second-order valence-electron chi connectivity index (χ2n) is 3.08. The van der Waals surface area contributed by atoms with Gasteiger partial charge in [-0.2, -0.15) is 0 Å². The molecule has 3 atom stereocenters. The maximum absolute atomic E-state index is 8.85. The molecule has 1 saturated carbocycles. The van der Waals surface area contributed by atoms with Gasteiger partial charge in [-0.25, -0.2) is 0 Å². The lowest BCUT2D eigenvalue weighted by Crippen LogP contribution is -2.14. The van der Waals surface area contributed by atoms with Crippen molar-refractivity contribution in [3.05, 3.63) is 0 Å². The molecule has 56 valence electrons. The topological polar surface area (TPSA) is 44.6 Å². The van der Waals surface area contributed by atoms with Crippen molar-refractivity contribution < 1.29 is 5.11 Å². The first-order chi connectivity index (χ1) is 4.93. The molecule has 0 aromatic heterocycles. The van der Waals surface area contributed by atoms with Gasteiger partial charge in [0.15, 0.2) is 0 Å². The fourth-order valence-electron chi connectivity index (χ4n) is 1.80. The average Bonchev–Trinajstić information content (AvgIpc) is 2.59. The molecule has 1 unspecified atom stereocenters. The van der Waals surface area contributed by atoms with Crippen molar-refractivity contribution in [3.63, 3.8) is 0 Å². The van der Waals surface area contributed by atoms with Gasteiger partial charge in [0.25, 0.3) is 0 Å². The normalized spacial score (nSPS) is 43.5. The molecule has 0 aromatic carbocycles. The Labute approximate surface area is 60.2 Å². The van der Waals surface area contributed by atoms with Crippen molar-refractivity contribution in [2.45, 2.75) is 0 Å². The fourth-order valence-corrected chi connectivity index (χ4v) is 1.80. The van der Waals surface area contributed by atoms with Crippen LogP contribution in [0, 0.1) is 17.8 Å². The highest BCUT2D eigenvalue weighted by Crippen LogP contribution is 2.45. The zero-order chi connectivity index (χ0) is 6.97. The van der Waals surface area contributed by atoms with Crippen molar-refractivity contribution in [3.8, 4) is 0 Å². The van der Waals surface area contributed by atoms with Crippen LogP contribution in [0.5, 0.6) is 0 Å². The van der Waals surface area contributed by atoms with E-state index in [-0.39, 0.29) is 0 Å². The van der Waals surface area contributed by atoms with E-state index in [2.05, 4.69) is 10.3 Å². The minimum Gasteiger partial charge on any atom is -0.396 e. The molecule has 2 rings (SSSR count). The van der Waals surface area contributed by atoms with Gasteiger partial charge in [-0.1, -0.05) is 0 Å². The average molecular weight is 140 g/mol. The number of rotatable bonds is 1. The minimum atomic E-state index is 0.340. The molecule has 1 aliphatic heterocycles. The van der Waals surface area contributed by atoms with E-state index in [1.54, 1.807) is 6.34 Å². The molecule has 0 spiro atoms. The number of aliphatic hydroxyl groups is 1. The van der Waals surface area contributed by atoms with E-state index in [1.807, 2.05) is 0 Å². The minimum absolute atomic E-state index is 0.340. The third-order valence-corrected chi connectivity index (χ3v) is 2.57. The Hall–Kier alpha value is -0.570. The summed E-state index contributed by atoms with van der Waals surface area (Å²) in [6.45, 7) is 2.24. The Balaban J connectivity index is 1.96. The summed E-state index contributed by atoms with van der Waals surface area (Å²) in [5, 5.41) is 11.9. The Morgan fingerprint density at radius 1 is 1.60 bits per heavy atom. The van der Waals surface area contributed by atoms with Gasteiger partial charge in [-0.05, 0) is 17.8 Å². The van der Waals surface area contributed by atoms with Crippen LogP contribution in [-0.2, 0) is 0 Å². The van der Waals surface area contributed by atoms with Gasteiger partial charge in [-0.15, -0.1) is 0 Å². The first kappa shape index (κ1) is 6.16. The number of aliphatic imine (C=N–C) groups is 1. The lowest BCUT2D eigenvalue weighted by Gasteiger charge is -1.95. The SMILES string of the molecule is OCC1[C@H]2CNC=NC[C@@H]12. The number of fused-ring (bicyclic) bond motifs is 1. The third kappa shape index (κ3) is 0.814. The van der Waals surface area contributed by atoms with Crippen LogP contribution in [0.15, 0.2) is 4.99 Å². The summed E-state index contributed by atoms with van der Waals surface area (Å²) < 4.78 is 0. The van der Waals surface area contributed by atoms with Crippen LogP contribution >= 0.6 is 0 Å². The zero-order valence-electron chi connectivity index (χ0n) is 5.83. The quantitative estimate of drug-likeness (QED) is 0.514. The smallest absolute Gasteiger partial charge is 0.0824 e. The van der Waals surface area contributed by atoms with Gasteiger partial charge in [0.05, 0.1) is 6.34 Å². The summed E-state index contributed by atoms with van der Waals surface area (Å²) >= 11 is 0. The highest BCUT2D eigenvalue weighted by Gasteiger charge is 2.49. The number of nitrogens with one attached hydrogen (secondary N) is 1. The molecule has 3 nitrogen and oxygen atoms in total. The lowest BCUT2D eigenvalue weighted by atomic mass is 10.3. The van der Waals surface area contributed by atoms with Gasteiger partial charge >= 0.3 is 0 Å². The first-order valence-electron chi connectivity index (χ1n) is 3.76. The van der Waals surface area contributed by atoms with E-state index in [0.29, 0.717) is 24.4 Å². The molecule has 0 amide bonds. The fraction of sp³-hybridized carbons (Fsp3) is 0.857. The standard InChI is InChI=1S/C7H12N2O/c10-3-7-5-1-8-4-9-2-6(5)7/h4-7,10H,1-3H2,(H,8,9)/t5-,6+,7?. The molecule has 0 bridgehead atoms. The van der Waals surface area contributed by atoms with Gasteiger partial charge < -0.3 is 10.4 Å². The second kappa shape index (κ2) is 2.23. The second-order valence-corrected chi connectivity index (χ2v) is 3.08. The van der Waals surface area contributed by atoms with Gasteiger partial charge in [0.1, 0.15) is 0 Å². The number of hydrogen-bond donors (Lipinski definition) is 2. The van der Waals surface area contributed by atoms with Crippen molar-refractivity contribution >= 4 is 6.34 Å². The molecule has 10 heavy (non-hydrogen) atoms. The van der Waals surface area contributed by atoms with Gasteiger partial charge in [-0.3, -0.25) is 4.99 Å². The Morgan fingerprint density at radius 2 is 2.50 bits per heavy atom. The van der Waals surface area contributed by atoms with E-state index in [9.17, 15) is 0 Å². The number of nitrogens with zero attached hydrogens (tertiary/aromatic N) is 1. The van der Waals surface area contributed by atoms with Crippen molar-refractivity contribution in [1.82, 2.24) is 5.32 Å². The molecular formula is C7H12N2O. The van der Waals surface area contributed by atoms with Gasteiger partial charge in [0, 0.05) is 19.7 Å². The van der Waals surface area contributed by atoms with Crippen LogP contribution in [0.2, 0.25) is 0 Å². The van der Waals surface area contributed by atoms with Crippen LogP contribution in [0.4, 0.5) is 0 Å². The summed E-state index contributed by atoms with van der Waals surface area (Å²) in [7, 11) is 0. The molecule has 0 radical (unpaired) electrons. The summed E-state index contributed by atoms with van der Waals surface area (Å²) in [6, 6.07) is 0. The molecule has 1 aliphatic carbocycles. The third-order valence-electron chi connectivity index (χ3n) is 2.57. The van der Waals surface area contributed by atoms with Crippen LogP contribution < -0.4 is 5.32 Å². The maximum atomic E-state index is 8.85. The maximum Gasteiger partial charge on any atom is 0.0824 e. The zero-order valence-corrected chi connectivity index (χ0v) is 5.83. The molecular weight excluding hydrogens is 128 g/mol. The van der Waals surface area contributed by atoms with E-state index in [4.69, 9.17) is 5.11 Å². The summed E-state index contributed by atoms with van der Waals surface area (Å²) in [5.41, 5.74) is 0. The van der Waals surface area contributed by atoms with E-state index < -0.39 is 0 Å². The molecule has 2 aliphatic rings. The predicted molar refractivity (Wildman–Crippen MR) is 38.9 cm³/mol. The van der Waals surface area contributed by atoms with Crippen LogP contribution in [0.1, 0.15) is 0 Å². The van der Waals surface area contributed by atoms with Crippen LogP contribution in [0.25, 0.3) is 0 Å². The highest BCUT2D eigenvalue weighted by molar-refractivity contribution is 5.55. The Morgan fingerprint density at radius 3 is 3.30 bits per heavy atom. The Bertz CT molecular complexity index is 158. The van der Waals surface area contributed by atoms with Crippen LogP contribution in [0.3, 0.4) is 0 Å². The largest absolute Gasteiger partial charge is 0.396 e. The first-order valence-corrected chi connectivity index (χ1v) is 3.76. The van der Waals surface area contributed by atoms with E-state index in [0.717, 1.165) is 13.1 Å². The summed E-state index contributed by atoms with van der Waals surface area (Å²) in [4.78, 5) is 4.14. The predicted octanol–water partition coefficient (Wildman–Crippen LogP) is -0.528. The molecule has 1 fully saturated rings. The molecule has 0 aromatic rings. The van der Waals surface area contributed by atoms with Gasteiger partial charge in [0.2, 0.25) is 0 Å². The van der Waals surface area contributed by atoms with Crippen molar-refractivity contribution in [2.75, 3.05) is 19.7 Å².